The molecule has 0 radical (unpaired) electrons. The van der Waals surface area contributed by atoms with Gasteiger partial charge >= 0.3 is 0 Å². The van der Waals surface area contributed by atoms with Gasteiger partial charge in [-0.2, -0.15) is 0 Å². The molecule has 0 aliphatic carbocycles. The molecule has 2 aromatic carbocycles. The van der Waals surface area contributed by atoms with Gasteiger partial charge in [0.1, 0.15) is 18.1 Å². The Bertz CT molecular complexity index is 748. The lowest BCUT2D eigenvalue weighted by atomic mass is 10.1. The Balaban J connectivity index is 1.69. The number of fused-ring (bicyclic) bond motifs is 1. The molecule has 0 spiro atoms. The topological polar surface area (TPSA) is 47.6 Å². The van der Waals surface area contributed by atoms with Crippen molar-refractivity contribution < 1.29 is 14.3 Å². The van der Waals surface area contributed by atoms with Crippen LogP contribution in [0.3, 0.4) is 0 Å². The van der Waals surface area contributed by atoms with Crippen molar-refractivity contribution in [2.24, 2.45) is 0 Å². The van der Waals surface area contributed by atoms with Gasteiger partial charge in [0.05, 0.1) is 12.7 Å². The molecule has 1 heterocycles. The highest BCUT2D eigenvalue weighted by atomic mass is 16.5. The molecule has 4 nitrogen and oxygen atoms in total. The van der Waals surface area contributed by atoms with Gasteiger partial charge in [0.2, 0.25) is 0 Å². The Morgan fingerprint density at radius 2 is 2.00 bits per heavy atom. The first-order valence-electron chi connectivity index (χ1n) is 7.51. The first-order chi connectivity index (χ1) is 11.2. The summed E-state index contributed by atoms with van der Waals surface area (Å²) in [4.78, 5) is 12.3. The maximum absolute atomic E-state index is 12.3. The van der Waals surface area contributed by atoms with Gasteiger partial charge in [-0.15, -0.1) is 0 Å². The van der Waals surface area contributed by atoms with Crippen LogP contribution in [0.2, 0.25) is 0 Å². The summed E-state index contributed by atoms with van der Waals surface area (Å²) in [5, 5.41) is 2.93. The summed E-state index contributed by atoms with van der Waals surface area (Å²) in [5.41, 5.74) is 3.74. The number of hydrogen-bond acceptors (Lipinski definition) is 3. The number of hydrogen-bond donors (Lipinski definition) is 1. The van der Waals surface area contributed by atoms with Crippen LogP contribution < -0.4 is 14.8 Å². The number of ether oxygens (including phenoxy) is 2. The molecule has 23 heavy (non-hydrogen) atoms. The standard InChI is InChI=1S/C19H19NO3/c1-13-3-5-14(6-4-13)11-20-19(21)16-9-15-10-17(22-2)7-8-18(15)23-12-16/h3-10H,11-12H2,1-2H3,(H,20,21). The SMILES string of the molecule is COc1ccc2c(c1)C=C(C(=O)NCc1ccc(C)cc1)CO2. The molecular formula is C19H19NO3. The van der Waals surface area contributed by atoms with Crippen molar-refractivity contribution in [3.63, 3.8) is 0 Å². The Morgan fingerprint density at radius 1 is 1.22 bits per heavy atom. The van der Waals surface area contributed by atoms with Crippen molar-refractivity contribution in [2.75, 3.05) is 13.7 Å². The number of carbonyl (C=O) groups is 1. The van der Waals surface area contributed by atoms with Crippen LogP contribution in [-0.4, -0.2) is 19.6 Å². The number of carbonyl (C=O) groups excluding carboxylic acids is 1. The first-order valence-corrected chi connectivity index (χ1v) is 7.51. The van der Waals surface area contributed by atoms with Gasteiger partial charge < -0.3 is 14.8 Å². The van der Waals surface area contributed by atoms with E-state index in [-0.39, 0.29) is 12.5 Å². The fourth-order valence-corrected chi connectivity index (χ4v) is 2.42. The maximum Gasteiger partial charge on any atom is 0.250 e. The fraction of sp³-hybridized carbons (Fsp3) is 0.211. The molecule has 0 atom stereocenters. The van der Waals surface area contributed by atoms with Gasteiger partial charge in [0.25, 0.3) is 5.91 Å². The van der Waals surface area contributed by atoms with Crippen molar-refractivity contribution in [1.29, 1.82) is 0 Å². The lowest BCUT2D eigenvalue weighted by Gasteiger charge is -2.18. The molecule has 0 saturated heterocycles. The van der Waals surface area contributed by atoms with Crippen LogP contribution in [0.25, 0.3) is 6.08 Å². The van der Waals surface area contributed by atoms with E-state index < -0.39 is 0 Å². The molecular weight excluding hydrogens is 290 g/mol. The van der Waals surface area contributed by atoms with E-state index in [1.807, 2.05) is 55.5 Å². The second kappa shape index (κ2) is 6.57. The summed E-state index contributed by atoms with van der Waals surface area (Å²) in [7, 11) is 1.62. The van der Waals surface area contributed by atoms with E-state index in [9.17, 15) is 4.79 Å². The van der Waals surface area contributed by atoms with E-state index in [2.05, 4.69) is 5.32 Å². The van der Waals surface area contributed by atoms with Crippen LogP contribution in [0.5, 0.6) is 11.5 Å². The molecule has 118 valence electrons. The third kappa shape index (κ3) is 3.54. The molecule has 3 rings (SSSR count). The van der Waals surface area contributed by atoms with Gasteiger partial charge in [-0.25, -0.2) is 0 Å². The van der Waals surface area contributed by atoms with E-state index in [1.165, 1.54) is 5.56 Å². The number of aryl methyl sites for hydroxylation is 1. The fourth-order valence-electron chi connectivity index (χ4n) is 2.42. The summed E-state index contributed by atoms with van der Waals surface area (Å²) in [6.07, 6.45) is 1.85. The highest BCUT2D eigenvalue weighted by Crippen LogP contribution is 2.29. The molecule has 4 heteroatoms. The number of amides is 1. The lowest BCUT2D eigenvalue weighted by molar-refractivity contribution is -0.117. The van der Waals surface area contributed by atoms with E-state index >= 15 is 0 Å². The van der Waals surface area contributed by atoms with Gasteiger partial charge in [-0.1, -0.05) is 29.8 Å². The number of benzene rings is 2. The smallest absolute Gasteiger partial charge is 0.250 e. The molecule has 2 aromatic rings. The molecule has 1 N–H and O–H groups in total. The number of rotatable bonds is 4. The predicted octanol–water partition coefficient (Wildman–Crippen LogP) is 3.10. The zero-order chi connectivity index (χ0) is 16.2. The van der Waals surface area contributed by atoms with E-state index in [1.54, 1.807) is 7.11 Å². The highest BCUT2D eigenvalue weighted by molar-refractivity contribution is 5.99. The number of methoxy groups -OCH3 is 1. The van der Waals surface area contributed by atoms with Crippen molar-refractivity contribution in [1.82, 2.24) is 5.32 Å². The molecule has 1 aliphatic rings. The summed E-state index contributed by atoms with van der Waals surface area (Å²) >= 11 is 0. The quantitative estimate of drug-likeness (QED) is 0.944. The van der Waals surface area contributed by atoms with Crippen LogP contribution in [0, 0.1) is 6.92 Å². The average molecular weight is 309 g/mol. The monoisotopic (exact) mass is 309 g/mol. The molecule has 1 amide bonds. The van der Waals surface area contributed by atoms with Crippen molar-refractivity contribution in [3.8, 4) is 11.5 Å². The van der Waals surface area contributed by atoms with Crippen LogP contribution in [0.4, 0.5) is 0 Å². The van der Waals surface area contributed by atoms with Gasteiger partial charge in [0, 0.05) is 12.1 Å². The summed E-state index contributed by atoms with van der Waals surface area (Å²) in [6.45, 7) is 2.82. The van der Waals surface area contributed by atoms with Crippen molar-refractivity contribution >= 4 is 12.0 Å². The summed E-state index contributed by atoms with van der Waals surface area (Å²) in [5.74, 6) is 1.39. The molecule has 0 saturated carbocycles. The normalized spacial score (nSPS) is 12.7. The molecule has 0 unspecified atom stereocenters. The third-order valence-electron chi connectivity index (χ3n) is 3.80. The van der Waals surface area contributed by atoms with Crippen LogP contribution in [0.1, 0.15) is 16.7 Å². The van der Waals surface area contributed by atoms with Crippen molar-refractivity contribution in [3.05, 3.63) is 64.7 Å². The minimum atomic E-state index is -0.112. The third-order valence-corrected chi connectivity index (χ3v) is 3.80. The lowest BCUT2D eigenvalue weighted by Crippen LogP contribution is -2.28. The van der Waals surface area contributed by atoms with Crippen LogP contribution in [-0.2, 0) is 11.3 Å². The largest absolute Gasteiger partial charge is 0.497 e. The Labute approximate surface area is 135 Å². The molecule has 1 aliphatic heterocycles. The van der Waals surface area contributed by atoms with E-state index in [0.717, 1.165) is 22.6 Å². The predicted molar refractivity (Wildman–Crippen MR) is 89.5 cm³/mol. The van der Waals surface area contributed by atoms with Gasteiger partial charge in [-0.05, 0) is 36.8 Å². The average Bonchev–Trinajstić information content (AvgIpc) is 2.60. The maximum atomic E-state index is 12.3. The number of nitrogens with one attached hydrogen (secondary N) is 1. The van der Waals surface area contributed by atoms with Crippen molar-refractivity contribution in [2.45, 2.75) is 13.5 Å². The van der Waals surface area contributed by atoms with Crippen LogP contribution in [0.15, 0.2) is 48.0 Å². The van der Waals surface area contributed by atoms with Gasteiger partial charge in [0.15, 0.2) is 0 Å². The molecule has 0 aromatic heterocycles. The van der Waals surface area contributed by atoms with Crippen LogP contribution >= 0.6 is 0 Å². The second-order valence-electron chi connectivity index (χ2n) is 5.53. The molecule has 0 fully saturated rings. The van der Waals surface area contributed by atoms with E-state index in [0.29, 0.717) is 12.1 Å². The Kier molecular flexibility index (Phi) is 4.33. The zero-order valence-electron chi connectivity index (χ0n) is 13.3. The van der Waals surface area contributed by atoms with Gasteiger partial charge in [-0.3, -0.25) is 4.79 Å². The minimum Gasteiger partial charge on any atom is -0.497 e. The zero-order valence-corrected chi connectivity index (χ0v) is 13.3. The Hall–Kier alpha value is -2.75. The minimum absolute atomic E-state index is 0.112. The summed E-state index contributed by atoms with van der Waals surface area (Å²) < 4.78 is 10.8. The first kappa shape index (κ1) is 15.2. The second-order valence-corrected chi connectivity index (χ2v) is 5.53. The summed E-state index contributed by atoms with van der Waals surface area (Å²) in [6, 6.07) is 13.7. The Morgan fingerprint density at radius 3 is 2.74 bits per heavy atom. The highest BCUT2D eigenvalue weighted by Gasteiger charge is 2.17. The van der Waals surface area contributed by atoms with E-state index in [4.69, 9.17) is 9.47 Å². The molecule has 0 bridgehead atoms.